The minimum Gasteiger partial charge on any atom is -0.444 e. The highest BCUT2D eigenvalue weighted by Crippen LogP contribution is 2.26. The highest BCUT2D eigenvalue weighted by atomic mass is 19.3. The van der Waals surface area contributed by atoms with E-state index in [0.717, 1.165) is 10.7 Å². The molecule has 0 atom stereocenters. The Bertz CT molecular complexity index is 653. The fraction of sp³-hybridized carbons (Fsp3) is 0.385. The van der Waals surface area contributed by atoms with Crippen LogP contribution in [0.15, 0.2) is 24.7 Å². The lowest BCUT2D eigenvalue weighted by Crippen LogP contribution is -2.27. The van der Waals surface area contributed by atoms with Crippen LogP contribution in [0.25, 0.3) is 5.82 Å². The van der Waals surface area contributed by atoms with E-state index in [9.17, 15) is 13.6 Å². The smallest absolute Gasteiger partial charge is 0.412 e. The van der Waals surface area contributed by atoms with Gasteiger partial charge in [0.1, 0.15) is 5.60 Å². The van der Waals surface area contributed by atoms with Crippen LogP contribution in [0.3, 0.4) is 0 Å². The standard InChI is InChI=1S/C13H15F2N5O2/c1-13(2,3)22-12(21)18-8-6-9(10(14)15)11(16-7-8)20-5-4-17-19-20/h4-7,10H,1-3H3,(H,18,21). The molecule has 0 saturated carbocycles. The summed E-state index contributed by atoms with van der Waals surface area (Å²) in [6, 6.07) is 1.12. The minimum atomic E-state index is -2.79. The Hall–Kier alpha value is -2.58. The molecule has 7 nitrogen and oxygen atoms in total. The van der Waals surface area contributed by atoms with Crippen LogP contribution < -0.4 is 5.32 Å². The van der Waals surface area contributed by atoms with Crippen molar-refractivity contribution in [2.45, 2.75) is 32.8 Å². The zero-order chi connectivity index (χ0) is 16.3. The third-order valence-electron chi connectivity index (χ3n) is 2.42. The summed E-state index contributed by atoms with van der Waals surface area (Å²) in [6.45, 7) is 5.09. The second kappa shape index (κ2) is 6.04. The van der Waals surface area contributed by atoms with Gasteiger partial charge < -0.3 is 4.74 Å². The largest absolute Gasteiger partial charge is 0.444 e. The molecular formula is C13H15F2N5O2. The van der Waals surface area contributed by atoms with E-state index in [1.165, 1.54) is 18.6 Å². The first-order valence-electron chi connectivity index (χ1n) is 6.41. The Morgan fingerprint density at radius 3 is 2.68 bits per heavy atom. The Morgan fingerprint density at radius 2 is 2.14 bits per heavy atom. The summed E-state index contributed by atoms with van der Waals surface area (Å²) < 4.78 is 32.5. The Kier molecular flexibility index (Phi) is 4.34. The average molecular weight is 311 g/mol. The fourth-order valence-electron chi connectivity index (χ4n) is 1.64. The molecule has 1 amide bonds. The first-order valence-corrected chi connectivity index (χ1v) is 6.41. The van der Waals surface area contributed by atoms with Gasteiger partial charge in [-0.25, -0.2) is 23.2 Å². The van der Waals surface area contributed by atoms with Crippen molar-refractivity contribution < 1.29 is 18.3 Å². The number of aromatic nitrogens is 4. The maximum absolute atomic E-state index is 13.2. The van der Waals surface area contributed by atoms with E-state index in [0.29, 0.717) is 0 Å². The number of nitrogens with one attached hydrogen (secondary N) is 1. The maximum atomic E-state index is 13.2. The van der Waals surface area contributed by atoms with Crippen LogP contribution in [0.2, 0.25) is 0 Å². The van der Waals surface area contributed by atoms with Crippen molar-refractivity contribution in [1.29, 1.82) is 0 Å². The quantitative estimate of drug-likeness (QED) is 0.942. The number of anilines is 1. The molecule has 0 bridgehead atoms. The first-order chi connectivity index (χ1) is 10.3. The molecule has 0 radical (unpaired) electrons. The van der Waals surface area contributed by atoms with Crippen molar-refractivity contribution in [3.05, 3.63) is 30.2 Å². The number of halogens is 2. The van der Waals surface area contributed by atoms with Crippen molar-refractivity contribution in [1.82, 2.24) is 20.0 Å². The van der Waals surface area contributed by atoms with Gasteiger partial charge in [0.05, 0.1) is 29.8 Å². The molecular weight excluding hydrogens is 296 g/mol. The molecule has 0 aliphatic heterocycles. The SMILES string of the molecule is CC(C)(C)OC(=O)Nc1cnc(-n2ccnn2)c(C(F)F)c1. The summed E-state index contributed by atoms with van der Waals surface area (Å²) in [5.41, 5.74) is -0.962. The highest BCUT2D eigenvalue weighted by molar-refractivity contribution is 5.84. The summed E-state index contributed by atoms with van der Waals surface area (Å²) in [7, 11) is 0. The van der Waals surface area contributed by atoms with E-state index < -0.39 is 18.1 Å². The topological polar surface area (TPSA) is 81.9 Å². The van der Waals surface area contributed by atoms with Crippen LogP contribution >= 0.6 is 0 Å². The first kappa shape index (κ1) is 15.8. The van der Waals surface area contributed by atoms with E-state index >= 15 is 0 Å². The lowest BCUT2D eigenvalue weighted by molar-refractivity contribution is 0.0635. The Balaban J connectivity index is 2.25. The molecule has 2 aromatic heterocycles. The molecule has 2 heterocycles. The van der Waals surface area contributed by atoms with Gasteiger partial charge in [0.2, 0.25) is 0 Å². The number of carbonyl (C=O) groups excluding carboxylic acids is 1. The van der Waals surface area contributed by atoms with Crippen molar-refractivity contribution in [2.75, 3.05) is 5.32 Å². The second-order valence-electron chi connectivity index (χ2n) is 5.41. The molecule has 2 rings (SSSR count). The number of rotatable bonds is 3. The van der Waals surface area contributed by atoms with Gasteiger partial charge in [-0.15, -0.1) is 5.10 Å². The molecule has 0 aliphatic rings. The van der Waals surface area contributed by atoms with E-state index in [2.05, 4.69) is 20.6 Å². The third-order valence-corrected chi connectivity index (χ3v) is 2.42. The number of ether oxygens (including phenoxy) is 1. The maximum Gasteiger partial charge on any atom is 0.412 e. The molecule has 0 aliphatic carbocycles. The van der Waals surface area contributed by atoms with Gasteiger partial charge in [0, 0.05) is 0 Å². The number of carbonyl (C=O) groups is 1. The average Bonchev–Trinajstić information content (AvgIpc) is 2.89. The van der Waals surface area contributed by atoms with Crippen LogP contribution in [-0.4, -0.2) is 31.7 Å². The molecule has 0 unspecified atom stereocenters. The zero-order valence-corrected chi connectivity index (χ0v) is 12.2. The summed E-state index contributed by atoms with van der Waals surface area (Å²) in [5, 5.41) is 9.54. The van der Waals surface area contributed by atoms with Gasteiger partial charge in [-0.3, -0.25) is 5.32 Å². The van der Waals surface area contributed by atoms with Crippen molar-refractivity contribution >= 4 is 11.8 Å². The van der Waals surface area contributed by atoms with Crippen molar-refractivity contribution in [3.8, 4) is 5.82 Å². The number of alkyl halides is 2. The molecule has 2 aromatic rings. The van der Waals surface area contributed by atoms with Crippen LogP contribution in [0.1, 0.15) is 32.8 Å². The predicted octanol–water partition coefficient (Wildman–Crippen LogP) is 2.95. The zero-order valence-electron chi connectivity index (χ0n) is 12.2. The molecule has 22 heavy (non-hydrogen) atoms. The molecule has 0 spiro atoms. The van der Waals surface area contributed by atoms with Crippen molar-refractivity contribution in [3.63, 3.8) is 0 Å². The normalized spacial score (nSPS) is 11.5. The Labute approximate surface area is 125 Å². The monoisotopic (exact) mass is 311 g/mol. The van der Waals surface area contributed by atoms with Gasteiger partial charge in [0.25, 0.3) is 6.43 Å². The summed E-state index contributed by atoms with van der Waals surface area (Å²) in [5.74, 6) is -0.0535. The number of hydrogen-bond acceptors (Lipinski definition) is 5. The number of nitrogens with zero attached hydrogens (tertiary/aromatic N) is 4. The predicted molar refractivity (Wildman–Crippen MR) is 74.0 cm³/mol. The van der Waals surface area contributed by atoms with E-state index in [1.54, 1.807) is 20.8 Å². The molecule has 0 fully saturated rings. The van der Waals surface area contributed by atoms with Crippen LogP contribution in [0, 0.1) is 0 Å². The molecule has 118 valence electrons. The number of amides is 1. The summed E-state index contributed by atoms with van der Waals surface area (Å²) in [6.07, 6.45) is 0.460. The summed E-state index contributed by atoms with van der Waals surface area (Å²) in [4.78, 5) is 15.5. The minimum absolute atomic E-state index is 0.0535. The third kappa shape index (κ3) is 3.96. The van der Waals surface area contributed by atoms with Crippen LogP contribution in [-0.2, 0) is 4.74 Å². The second-order valence-corrected chi connectivity index (χ2v) is 5.41. The van der Waals surface area contributed by atoms with Gasteiger partial charge in [-0.1, -0.05) is 5.21 Å². The van der Waals surface area contributed by atoms with E-state index in [4.69, 9.17) is 4.74 Å². The summed E-state index contributed by atoms with van der Waals surface area (Å²) >= 11 is 0. The lowest BCUT2D eigenvalue weighted by atomic mass is 10.2. The van der Waals surface area contributed by atoms with Crippen molar-refractivity contribution in [2.24, 2.45) is 0 Å². The van der Waals surface area contributed by atoms with Gasteiger partial charge >= 0.3 is 6.09 Å². The van der Waals surface area contributed by atoms with E-state index in [1.807, 2.05) is 0 Å². The molecule has 0 aromatic carbocycles. The van der Waals surface area contributed by atoms with Gasteiger partial charge in [-0.05, 0) is 26.8 Å². The highest BCUT2D eigenvalue weighted by Gasteiger charge is 2.20. The van der Waals surface area contributed by atoms with Gasteiger partial charge in [-0.2, -0.15) is 0 Å². The number of pyridine rings is 1. The van der Waals surface area contributed by atoms with Gasteiger partial charge in [0.15, 0.2) is 5.82 Å². The van der Waals surface area contributed by atoms with Crippen LogP contribution in [0.4, 0.5) is 19.3 Å². The number of hydrogen-bond donors (Lipinski definition) is 1. The molecule has 1 N–H and O–H groups in total. The molecule has 9 heteroatoms. The lowest BCUT2D eigenvalue weighted by Gasteiger charge is -2.20. The fourth-order valence-corrected chi connectivity index (χ4v) is 1.64. The Morgan fingerprint density at radius 1 is 1.41 bits per heavy atom. The molecule has 0 saturated heterocycles. The van der Waals surface area contributed by atoms with E-state index in [-0.39, 0.29) is 17.1 Å². The van der Waals surface area contributed by atoms with Crippen LogP contribution in [0.5, 0.6) is 0 Å².